The van der Waals surface area contributed by atoms with Crippen molar-refractivity contribution in [2.75, 3.05) is 4.72 Å². The van der Waals surface area contributed by atoms with Gasteiger partial charge in [-0.15, -0.1) is 5.10 Å². The van der Waals surface area contributed by atoms with Gasteiger partial charge in [0.15, 0.2) is 0 Å². The van der Waals surface area contributed by atoms with E-state index in [1.165, 1.54) is 24.4 Å². The Balaban J connectivity index is 1.54. The van der Waals surface area contributed by atoms with Gasteiger partial charge in [-0.1, -0.05) is 19.9 Å². The van der Waals surface area contributed by atoms with Crippen molar-refractivity contribution in [2.24, 2.45) is 0 Å². The van der Waals surface area contributed by atoms with Gasteiger partial charge in [0.2, 0.25) is 0 Å². The second-order valence-corrected chi connectivity index (χ2v) is 10.1. The largest absolute Gasteiger partial charge is 0.587 e. The first kappa shape index (κ1) is 21.4. The van der Waals surface area contributed by atoms with Crippen molar-refractivity contribution in [3.8, 4) is 0 Å². The lowest BCUT2D eigenvalue weighted by molar-refractivity contribution is 0.576. The lowest BCUT2D eigenvalue weighted by Crippen LogP contribution is -2.17. The van der Waals surface area contributed by atoms with Crippen LogP contribution in [0.15, 0.2) is 70.8 Å². The zero-order chi connectivity index (χ0) is 22.2. The molecule has 31 heavy (non-hydrogen) atoms. The summed E-state index contributed by atoms with van der Waals surface area (Å²) in [5, 5.41) is 4.73. The Morgan fingerprint density at radius 1 is 1.23 bits per heavy atom. The summed E-state index contributed by atoms with van der Waals surface area (Å²) in [6.45, 7) is 3.91. The topological polar surface area (TPSA) is 103 Å². The first-order chi connectivity index (χ1) is 14.8. The van der Waals surface area contributed by atoms with Crippen molar-refractivity contribution in [1.29, 1.82) is 0 Å². The molecular formula is C21H21FN4O3S2. The molecule has 0 saturated heterocycles. The van der Waals surface area contributed by atoms with Crippen LogP contribution < -0.4 is 4.72 Å². The summed E-state index contributed by atoms with van der Waals surface area (Å²) in [7, 11) is -3.95. The highest BCUT2D eigenvalue weighted by Gasteiger charge is 2.23. The van der Waals surface area contributed by atoms with Crippen LogP contribution in [0.5, 0.6) is 0 Å². The van der Waals surface area contributed by atoms with Crippen LogP contribution in [0.4, 0.5) is 10.1 Å². The van der Waals surface area contributed by atoms with Gasteiger partial charge in [0.25, 0.3) is 15.0 Å². The number of aromatic nitrogens is 3. The summed E-state index contributed by atoms with van der Waals surface area (Å²) in [6.07, 6.45) is 3.76. The smallest absolute Gasteiger partial charge is 0.290 e. The normalized spacial score (nSPS) is 13.9. The second-order valence-electron chi connectivity index (χ2n) is 7.17. The number of fused-ring (bicyclic) bond motifs is 1. The van der Waals surface area contributed by atoms with Crippen LogP contribution in [0.2, 0.25) is 0 Å². The molecule has 2 N–H and O–H groups in total. The maximum atomic E-state index is 14.3. The van der Waals surface area contributed by atoms with Gasteiger partial charge in [-0.05, 0) is 48.2 Å². The molecular weight excluding hydrogens is 439 g/mol. The van der Waals surface area contributed by atoms with E-state index in [1.54, 1.807) is 36.5 Å². The number of nitrogens with zero attached hydrogens (tertiary/aromatic N) is 2. The molecule has 0 aliphatic carbocycles. The first-order valence-corrected chi connectivity index (χ1v) is 12.2. The third-order valence-electron chi connectivity index (χ3n) is 5.15. The summed E-state index contributed by atoms with van der Waals surface area (Å²) >= 11 is -1.87. The van der Waals surface area contributed by atoms with Crippen molar-refractivity contribution in [1.82, 2.24) is 14.2 Å². The van der Waals surface area contributed by atoms with Gasteiger partial charge in [-0.3, -0.25) is 0 Å². The SMILES string of the molecule is CCC(C)c1ccc(N[S+]([O-])c2ccn(S(=O)(=O)c3ccc4[nH]ccc4c3)n2)cc1F. The summed E-state index contributed by atoms with van der Waals surface area (Å²) < 4.78 is 56.2. The molecule has 162 valence electrons. The van der Waals surface area contributed by atoms with Crippen molar-refractivity contribution >= 4 is 38.0 Å². The van der Waals surface area contributed by atoms with E-state index in [0.29, 0.717) is 11.3 Å². The number of aromatic amines is 1. The van der Waals surface area contributed by atoms with Gasteiger partial charge in [-0.2, -0.15) is 12.5 Å². The van der Waals surface area contributed by atoms with Crippen molar-refractivity contribution in [3.05, 3.63) is 72.3 Å². The predicted molar refractivity (Wildman–Crippen MR) is 118 cm³/mol. The molecule has 10 heteroatoms. The highest BCUT2D eigenvalue weighted by atomic mass is 32.2. The monoisotopic (exact) mass is 460 g/mol. The number of rotatable bonds is 7. The van der Waals surface area contributed by atoms with E-state index in [-0.39, 0.29) is 21.7 Å². The number of H-pyrrole nitrogens is 1. The van der Waals surface area contributed by atoms with E-state index >= 15 is 0 Å². The maximum Gasteiger partial charge on any atom is 0.290 e. The molecule has 4 aromatic rings. The highest BCUT2D eigenvalue weighted by Crippen LogP contribution is 2.26. The van der Waals surface area contributed by atoms with Crippen LogP contribution in [0.25, 0.3) is 10.9 Å². The Bertz CT molecular complexity index is 1330. The Hall–Kier alpha value is -2.82. The Morgan fingerprint density at radius 3 is 2.77 bits per heavy atom. The zero-order valence-corrected chi connectivity index (χ0v) is 18.5. The minimum atomic E-state index is -3.95. The molecule has 0 spiro atoms. The van der Waals surface area contributed by atoms with Crippen LogP contribution in [-0.2, 0) is 21.4 Å². The number of anilines is 1. The molecule has 2 aromatic carbocycles. The zero-order valence-electron chi connectivity index (χ0n) is 16.9. The van der Waals surface area contributed by atoms with Crippen LogP contribution in [-0.4, -0.2) is 27.1 Å². The van der Waals surface area contributed by atoms with Crippen LogP contribution >= 0.6 is 0 Å². The number of hydrogen-bond donors (Lipinski definition) is 2. The van der Waals surface area contributed by atoms with E-state index in [0.717, 1.165) is 21.4 Å². The van der Waals surface area contributed by atoms with E-state index in [9.17, 15) is 17.4 Å². The molecule has 0 radical (unpaired) electrons. The predicted octanol–water partition coefficient (Wildman–Crippen LogP) is 4.39. The fourth-order valence-corrected chi connectivity index (χ4v) is 5.19. The molecule has 2 aromatic heterocycles. The van der Waals surface area contributed by atoms with Gasteiger partial charge in [-0.25, -0.2) is 9.11 Å². The van der Waals surface area contributed by atoms with Crippen molar-refractivity contribution in [3.63, 3.8) is 0 Å². The summed E-state index contributed by atoms with van der Waals surface area (Å²) in [5.74, 6) is -0.310. The molecule has 0 fully saturated rings. The molecule has 0 amide bonds. The molecule has 0 saturated carbocycles. The summed E-state index contributed by atoms with van der Waals surface area (Å²) in [6, 6.07) is 12.4. The second kappa shape index (κ2) is 8.37. The summed E-state index contributed by atoms with van der Waals surface area (Å²) in [4.78, 5) is 3.07. The number of hydrogen-bond acceptors (Lipinski definition) is 5. The van der Waals surface area contributed by atoms with Gasteiger partial charge in [0.1, 0.15) is 17.2 Å². The molecule has 0 bridgehead atoms. The molecule has 2 unspecified atom stereocenters. The molecule has 7 nitrogen and oxygen atoms in total. The average molecular weight is 461 g/mol. The molecule has 2 heterocycles. The first-order valence-electron chi connectivity index (χ1n) is 9.66. The lowest BCUT2D eigenvalue weighted by atomic mass is 9.98. The van der Waals surface area contributed by atoms with Gasteiger partial charge < -0.3 is 9.54 Å². The standard InChI is InChI=1S/C21H21FN4O3S2/c1-3-14(2)18-6-4-16(13-19(18)22)25-30(27)21-9-11-26(24-21)31(28,29)17-5-7-20-15(12-17)8-10-23-20/h4-14,23,25H,3H2,1-2H3. The van der Waals surface area contributed by atoms with E-state index < -0.39 is 21.4 Å². The van der Waals surface area contributed by atoms with E-state index in [2.05, 4.69) is 14.8 Å². The van der Waals surface area contributed by atoms with Gasteiger partial charge in [0.05, 0.1) is 10.6 Å². The molecule has 0 aliphatic heterocycles. The average Bonchev–Trinajstić information content (AvgIpc) is 3.42. The minimum Gasteiger partial charge on any atom is -0.587 e. The Labute approximate surface area is 182 Å². The number of halogens is 1. The minimum absolute atomic E-state index is 0.0118. The van der Waals surface area contributed by atoms with Gasteiger partial charge >= 0.3 is 0 Å². The fraction of sp³-hybridized carbons (Fsp3) is 0.190. The molecule has 4 rings (SSSR count). The Kier molecular flexibility index (Phi) is 5.78. The van der Waals surface area contributed by atoms with Gasteiger partial charge in [0, 0.05) is 35.4 Å². The quantitative estimate of drug-likeness (QED) is 0.398. The van der Waals surface area contributed by atoms with E-state index in [4.69, 9.17) is 0 Å². The number of benzene rings is 2. The number of nitrogens with one attached hydrogen (secondary N) is 2. The van der Waals surface area contributed by atoms with E-state index in [1.807, 2.05) is 13.8 Å². The summed E-state index contributed by atoms with van der Waals surface area (Å²) in [5.41, 5.74) is 1.73. The third-order valence-corrected chi connectivity index (χ3v) is 7.72. The molecule has 0 aliphatic rings. The Morgan fingerprint density at radius 2 is 2.03 bits per heavy atom. The van der Waals surface area contributed by atoms with Crippen molar-refractivity contribution in [2.45, 2.75) is 36.1 Å². The van der Waals surface area contributed by atoms with Crippen LogP contribution in [0.1, 0.15) is 31.7 Å². The fourth-order valence-electron chi connectivity index (χ4n) is 3.19. The maximum absolute atomic E-state index is 14.3. The highest BCUT2D eigenvalue weighted by molar-refractivity contribution is 7.92. The third kappa shape index (κ3) is 4.18. The van der Waals surface area contributed by atoms with Crippen LogP contribution in [0.3, 0.4) is 0 Å². The van der Waals surface area contributed by atoms with Crippen LogP contribution in [0, 0.1) is 5.82 Å². The lowest BCUT2D eigenvalue weighted by Gasteiger charge is -2.13. The molecule has 2 atom stereocenters. The van der Waals surface area contributed by atoms with Crippen molar-refractivity contribution < 1.29 is 17.4 Å².